The molecule has 1 rings (SSSR count). The van der Waals surface area contributed by atoms with Crippen molar-refractivity contribution in [3.8, 4) is 0 Å². The summed E-state index contributed by atoms with van der Waals surface area (Å²) in [7, 11) is 1.72. The first-order chi connectivity index (χ1) is 7.72. The van der Waals surface area contributed by atoms with Gasteiger partial charge in [-0.05, 0) is 24.6 Å². The molecule has 0 aliphatic rings. The highest BCUT2D eigenvalue weighted by Crippen LogP contribution is 2.25. The Kier molecular flexibility index (Phi) is 6.17. The molecule has 0 aliphatic carbocycles. The number of hydrogen-bond donors (Lipinski definition) is 0. The number of ether oxygens (including phenoxy) is 1. The number of halogens is 2. The number of rotatable bonds is 6. The van der Waals surface area contributed by atoms with Crippen molar-refractivity contribution in [1.29, 1.82) is 0 Å². The van der Waals surface area contributed by atoms with Gasteiger partial charge in [0, 0.05) is 36.2 Å². The minimum absolute atomic E-state index is 0.533. The molecule has 0 amide bonds. The third-order valence-corrected chi connectivity index (χ3v) is 3.52. The minimum Gasteiger partial charge on any atom is -0.383 e. The number of hydrogen-bond acceptors (Lipinski definition) is 2. The Bertz CT molecular complexity index is 333. The second-order valence-electron chi connectivity index (χ2n) is 3.48. The van der Waals surface area contributed by atoms with Crippen LogP contribution >= 0.6 is 27.5 Å². The van der Waals surface area contributed by atoms with Crippen LogP contribution in [0.4, 0.5) is 5.69 Å². The molecule has 0 N–H and O–H groups in total. The largest absolute Gasteiger partial charge is 0.383 e. The maximum Gasteiger partial charge on any atom is 0.0637 e. The number of benzene rings is 1. The Balaban J connectivity index is 2.80. The fourth-order valence-corrected chi connectivity index (χ4v) is 2.41. The Morgan fingerprint density at radius 1 is 1.44 bits per heavy atom. The van der Waals surface area contributed by atoms with Gasteiger partial charge in [0.2, 0.25) is 0 Å². The molecular formula is C12H17BrClNO. The van der Waals surface area contributed by atoms with Crippen molar-refractivity contribution >= 4 is 33.2 Å². The van der Waals surface area contributed by atoms with Gasteiger partial charge in [-0.2, -0.15) is 0 Å². The standard InChI is InChI=1S/C12H17BrClNO/c1-3-15(6-7-16-2)11-5-4-10(9-14)12(13)8-11/h4-5,8H,3,6-7,9H2,1-2H3. The van der Waals surface area contributed by atoms with Crippen LogP contribution in [-0.4, -0.2) is 26.8 Å². The molecule has 1 aromatic carbocycles. The zero-order valence-electron chi connectivity index (χ0n) is 9.67. The molecule has 4 heteroatoms. The van der Waals surface area contributed by atoms with Gasteiger partial charge in [0.15, 0.2) is 0 Å². The zero-order valence-corrected chi connectivity index (χ0v) is 12.0. The van der Waals surface area contributed by atoms with Crippen LogP contribution in [0.5, 0.6) is 0 Å². The first kappa shape index (κ1) is 13.8. The van der Waals surface area contributed by atoms with Crippen LogP contribution in [0.2, 0.25) is 0 Å². The van der Waals surface area contributed by atoms with Crippen LogP contribution in [0.1, 0.15) is 12.5 Å². The molecular weight excluding hydrogens is 289 g/mol. The van der Waals surface area contributed by atoms with Gasteiger partial charge in [0.25, 0.3) is 0 Å². The zero-order chi connectivity index (χ0) is 12.0. The van der Waals surface area contributed by atoms with Gasteiger partial charge in [-0.1, -0.05) is 22.0 Å². The van der Waals surface area contributed by atoms with Crippen LogP contribution in [0.25, 0.3) is 0 Å². The van der Waals surface area contributed by atoms with Gasteiger partial charge in [-0.3, -0.25) is 0 Å². The smallest absolute Gasteiger partial charge is 0.0637 e. The Labute approximate surface area is 111 Å². The molecule has 16 heavy (non-hydrogen) atoms. The Morgan fingerprint density at radius 3 is 2.69 bits per heavy atom. The van der Waals surface area contributed by atoms with Crippen LogP contribution in [0.15, 0.2) is 22.7 Å². The van der Waals surface area contributed by atoms with Crippen LogP contribution in [0, 0.1) is 0 Å². The van der Waals surface area contributed by atoms with Crippen molar-refractivity contribution < 1.29 is 4.74 Å². The van der Waals surface area contributed by atoms with Crippen LogP contribution < -0.4 is 4.90 Å². The summed E-state index contributed by atoms with van der Waals surface area (Å²) in [6.45, 7) is 4.75. The first-order valence-corrected chi connectivity index (χ1v) is 6.64. The quantitative estimate of drug-likeness (QED) is 0.744. The molecule has 0 saturated heterocycles. The van der Waals surface area contributed by atoms with Crippen molar-refractivity contribution in [1.82, 2.24) is 0 Å². The van der Waals surface area contributed by atoms with E-state index in [9.17, 15) is 0 Å². The monoisotopic (exact) mass is 305 g/mol. The van der Waals surface area contributed by atoms with Gasteiger partial charge in [0.05, 0.1) is 6.61 Å². The third-order valence-electron chi connectivity index (χ3n) is 2.49. The van der Waals surface area contributed by atoms with E-state index in [0.29, 0.717) is 5.88 Å². The predicted octanol–water partition coefficient (Wildman–Crippen LogP) is 3.66. The van der Waals surface area contributed by atoms with Crippen molar-refractivity contribution in [2.24, 2.45) is 0 Å². The van der Waals surface area contributed by atoms with E-state index in [2.05, 4.69) is 46.0 Å². The van der Waals surface area contributed by atoms with Crippen molar-refractivity contribution in [2.75, 3.05) is 31.7 Å². The lowest BCUT2D eigenvalue weighted by molar-refractivity contribution is 0.205. The maximum atomic E-state index is 5.82. The second-order valence-corrected chi connectivity index (χ2v) is 4.60. The summed E-state index contributed by atoms with van der Waals surface area (Å²) in [6, 6.07) is 6.26. The van der Waals surface area contributed by atoms with Gasteiger partial charge >= 0.3 is 0 Å². The van der Waals surface area contributed by atoms with Crippen molar-refractivity contribution in [3.63, 3.8) is 0 Å². The minimum atomic E-state index is 0.533. The SMILES string of the molecule is CCN(CCOC)c1ccc(CCl)c(Br)c1. The van der Waals surface area contributed by atoms with E-state index in [1.165, 1.54) is 5.69 Å². The fourth-order valence-electron chi connectivity index (χ4n) is 1.51. The van der Waals surface area contributed by atoms with Gasteiger partial charge < -0.3 is 9.64 Å². The van der Waals surface area contributed by atoms with Crippen LogP contribution in [-0.2, 0) is 10.6 Å². The molecule has 2 nitrogen and oxygen atoms in total. The number of anilines is 1. The third kappa shape index (κ3) is 3.65. The average Bonchev–Trinajstić information content (AvgIpc) is 2.30. The predicted molar refractivity (Wildman–Crippen MR) is 73.5 cm³/mol. The Hall–Kier alpha value is -0.250. The number of alkyl halides is 1. The second kappa shape index (κ2) is 7.15. The summed E-state index contributed by atoms with van der Waals surface area (Å²) in [5.74, 6) is 0.533. The number of nitrogens with zero attached hydrogens (tertiary/aromatic N) is 1. The topological polar surface area (TPSA) is 12.5 Å². The van der Waals surface area contributed by atoms with E-state index in [1.807, 2.05) is 0 Å². The molecule has 0 fully saturated rings. The lowest BCUT2D eigenvalue weighted by Gasteiger charge is -2.23. The molecule has 0 unspecified atom stereocenters. The van der Waals surface area contributed by atoms with E-state index in [4.69, 9.17) is 16.3 Å². The number of methoxy groups -OCH3 is 1. The summed E-state index contributed by atoms with van der Waals surface area (Å²) in [6.07, 6.45) is 0. The van der Waals surface area contributed by atoms with E-state index in [-0.39, 0.29) is 0 Å². The normalized spacial score (nSPS) is 10.5. The highest BCUT2D eigenvalue weighted by atomic mass is 79.9. The average molecular weight is 307 g/mol. The molecule has 0 aromatic heterocycles. The molecule has 1 aromatic rings. The van der Waals surface area contributed by atoms with Gasteiger partial charge in [-0.25, -0.2) is 0 Å². The highest BCUT2D eigenvalue weighted by Gasteiger charge is 2.06. The van der Waals surface area contributed by atoms with Crippen molar-refractivity contribution in [2.45, 2.75) is 12.8 Å². The van der Waals surface area contributed by atoms with Crippen molar-refractivity contribution in [3.05, 3.63) is 28.2 Å². The summed E-state index contributed by atoms with van der Waals surface area (Å²) in [5, 5.41) is 0. The van der Waals surface area contributed by atoms with E-state index in [1.54, 1.807) is 7.11 Å². The summed E-state index contributed by atoms with van der Waals surface area (Å²) < 4.78 is 6.16. The molecule has 90 valence electrons. The Morgan fingerprint density at radius 2 is 2.19 bits per heavy atom. The summed E-state index contributed by atoms with van der Waals surface area (Å²) in [4.78, 5) is 2.27. The molecule has 0 radical (unpaired) electrons. The molecule has 0 aliphatic heterocycles. The maximum absolute atomic E-state index is 5.82. The molecule has 0 heterocycles. The van der Waals surface area contributed by atoms with E-state index >= 15 is 0 Å². The lowest BCUT2D eigenvalue weighted by atomic mass is 10.2. The molecule has 0 bridgehead atoms. The van der Waals surface area contributed by atoms with Gasteiger partial charge in [-0.15, -0.1) is 11.6 Å². The summed E-state index contributed by atoms with van der Waals surface area (Å²) >= 11 is 9.35. The van der Waals surface area contributed by atoms with Crippen LogP contribution in [0.3, 0.4) is 0 Å². The van der Waals surface area contributed by atoms with E-state index < -0.39 is 0 Å². The lowest BCUT2D eigenvalue weighted by Crippen LogP contribution is -2.26. The summed E-state index contributed by atoms with van der Waals surface area (Å²) in [5.41, 5.74) is 2.31. The highest BCUT2D eigenvalue weighted by molar-refractivity contribution is 9.10. The molecule has 0 saturated carbocycles. The van der Waals surface area contributed by atoms with Gasteiger partial charge in [0.1, 0.15) is 0 Å². The first-order valence-electron chi connectivity index (χ1n) is 5.31. The van der Waals surface area contributed by atoms with E-state index in [0.717, 1.165) is 29.7 Å². The molecule has 0 atom stereocenters. The molecule has 0 spiro atoms. The number of likely N-dealkylation sites (N-methyl/N-ethyl adjacent to an activating group) is 1. The fraction of sp³-hybridized carbons (Fsp3) is 0.500.